The molecule has 0 atom stereocenters. The van der Waals surface area contributed by atoms with Crippen LogP contribution in [0.3, 0.4) is 0 Å². The summed E-state index contributed by atoms with van der Waals surface area (Å²) in [6.45, 7) is 5.26. The molecular weight excluding hydrogens is 328 g/mol. The third kappa shape index (κ3) is 6.01. The number of benzene rings is 2. The maximum atomic E-state index is 12.6. The molecule has 0 aliphatic carbocycles. The van der Waals surface area contributed by atoms with Crippen molar-refractivity contribution in [3.8, 4) is 0 Å². The highest BCUT2D eigenvalue weighted by Crippen LogP contribution is 2.09. The summed E-state index contributed by atoms with van der Waals surface area (Å²) in [5, 5.41) is 2.72. The molecule has 0 spiro atoms. The molecule has 0 saturated heterocycles. The lowest BCUT2D eigenvalue weighted by molar-refractivity contribution is -0.131. The number of nitrogens with zero attached hydrogens (tertiary/aromatic N) is 1. The third-order valence-corrected chi connectivity index (χ3v) is 4.02. The zero-order chi connectivity index (χ0) is 18.9. The van der Waals surface area contributed by atoms with E-state index >= 15 is 0 Å². The van der Waals surface area contributed by atoms with E-state index in [0.717, 1.165) is 16.7 Å². The SMILES string of the molecule is COCCN(Cc1ccccc1)C(=O)CNC(=O)c1cc(C)cc(C)c1. The summed E-state index contributed by atoms with van der Waals surface area (Å²) in [6, 6.07) is 15.4. The monoisotopic (exact) mass is 354 g/mol. The van der Waals surface area contributed by atoms with E-state index in [1.807, 2.05) is 62.4 Å². The number of carbonyl (C=O) groups excluding carboxylic acids is 2. The molecule has 2 aromatic rings. The van der Waals surface area contributed by atoms with Gasteiger partial charge in [0.25, 0.3) is 5.91 Å². The first-order valence-electron chi connectivity index (χ1n) is 8.66. The van der Waals surface area contributed by atoms with Crippen molar-refractivity contribution in [1.29, 1.82) is 0 Å². The molecule has 0 fully saturated rings. The highest BCUT2D eigenvalue weighted by atomic mass is 16.5. The molecule has 2 rings (SSSR count). The van der Waals surface area contributed by atoms with Gasteiger partial charge in [-0.15, -0.1) is 0 Å². The smallest absolute Gasteiger partial charge is 0.251 e. The van der Waals surface area contributed by atoms with Crippen molar-refractivity contribution in [2.45, 2.75) is 20.4 Å². The quantitative estimate of drug-likeness (QED) is 0.793. The average Bonchev–Trinajstić information content (AvgIpc) is 2.62. The van der Waals surface area contributed by atoms with Crippen molar-refractivity contribution < 1.29 is 14.3 Å². The van der Waals surface area contributed by atoms with Gasteiger partial charge < -0.3 is 15.0 Å². The summed E-state index contributed by atoms with van der Waals surface area (Å²) in [4.78, 5) is 26.6. The molecule has 1 N–H and O–H groups in total. The Morgan fingerprint density at radius 1 is 1.04 bits per heavy atom. The topological polar surface area (TPSA) is 58.6 Å². The number of amides is 2. The molecule has 5 nitrogen and oxygen atoms in total. The second kappa shape index (κ2) is 9.73. The van der Waals surface area contributed by atoms with Gasteiger partial charge >= 0.3 is 0 Å². The highest BCUT2D eigenvalue weighted by Gasteiger charge is 2.15. The Morgan fingerprint density at radius 2 is 1.69 bits per heavy atom. The lowest BCUT2D eigenvalue weighted by Gasteiger charge is -2.23. The van der Waals surface area contributed by atoms with Gasteiger partial charge in [-0.05, 0) is 31.5 Å². The van der Waals surface area contributed by atoms with Crippen molar-refractivity contribution in [3.63, 3.8) is 0 Å². The molecule has 0 unspecified atom stereocenters. The van der Waals surface area contributed by atoms with Crippen molar-refractivity contribution in [1.82, 2.24) is 10.2 Å². The molecule has 2 amide bonds. The van der Waals surface area contributed by atoms with Crippen LogP contribution in [0.2, 0.25) is 0 Å². The molecule has 0 aromatic heterocycles. The van der Waals surface area contributed by atoms with Crippen LogP contribution in [0, 0.1) is 13.8 Å². The van der Waals surface area contributed by atoms with Crippen LogP contribution in [0.5, 0.6) is 0 Å². The average molecular weight is 354 g/mol. The summed E-state index contributed by atoms with van der Waals surface area (Å²) >= 11 is 0. The molecule has 138 valence electrons. The van der Waals surface area contributed by atoms with Gasteiger partial charge in [0, 0.05) is 25.8 Å². The minimum Gasteiger partial charge on any atom is -0.383 e. The molecule has 0 heterocycles. The van der Waals surface area contributed by atoms with Crippen molar-refractivity contribution >= 4 is 11.8 Å². The fraction of sp³-hybridized carbons (Fsp3) is 0.333. The number of hydrogen-bond donors (Lipinski definition) is 1. The van der Waals surface area contributed by atoms with Crippen molar-refractivity contribution in [2.75, 3.05) is 26.8 Å². The van der Waals surface area contributed by atoms with Crippen LogP contribution in [0.25, 0.3) is 0 Å². The van der Waals surface area contributed by atoms with Gasteiger partial charge in [0.15, 0.2) is 0 Å². The summed E-state index contributed by atoms with van der Waals surface area (Å²) in [5.41, 5.74) is 3.65. The summed E-state index contributed by atoms with van der Waals surface area (Å²) in [6.07, 6.45) is 0. The van der Waals surface area contributed by atoms with Gasteiger partial charge in [-0.2, -0.15) is 0 Å². The zero-order valence-corrected chi connectivity index (χ0v) is 15.6. The molecule has 0 bridgehead atoms. The van der Waals surface area contributed by atoms with Gasteiger partial charge in [-0.1, -0.05) is 47.5 Å². The van der Waals surface area contributed by atoms with E-state index in [1.54, 1.807) is 12.0 Å². The van der Waals surface area contributed by atoms with Crippen LogP contribution in [-0.4, -0.2) is 43.5 Å². The van der Waals surface area contributed by atoms with E-state index in [0.29, 0.717) is 25.3 Å². The van der Waals surface area contributed by atoms with E-state index in [1.165, 1.54) is 0 Å². The van der Waals surface area contributed by atoms with Gasteiger partial charge in [-0.25, -0.2) is 0 Å². The van der Waals surface area contributed by atoms with E-state index < -0.39 is 0 Å². The molecule has 26 heavy (non-hydrogen) atoms. The van der Waals surface area contributed by atoms with Crippen molar-refractivity contribution in [3.05, 3.63) is 70.8 Å². The fourth-order valence-electron chi connectivity index (χ4n) is 2.77. The van der Waals surface area contributed by atoms with Crippen LogP contribution in [-0.2, 0) is 16.1 Å². The lowest BCUT2D eigenvalue weighted by atomic mass is 10.1. The predicted molar refractivity (Wildman–Crippen MR) is 102 cm³/mol. The Kier molecular flexibility index (Phi) is 7.36. The maximum Gasteiger partial charge on any atom is 0.251 e. The van der Waals surface area contributed by atoms with Crippen LogP contribution in [0.15, 0.2) is 48.5 Å². The summed E-state index contributed by atoms with van der Waals surface area (Å²) < 4.78 is 5.10. The van der Waals surface area contributed by atoms with E-state index in [4.69, 9.17) is 4.74 Å². The largest absolute Gasteiger partial charge is 0.383 e. The number of nitrogens with one attached hydrogen (secondary N) is 1. The normalized spacial score (nSPS) is 10.4. The Morgan fingerprint density at radius 3 is 2.31 bits per heavy atom. The van der Waals surface area contributed by atoms with Crippen LogP contribution in [0.1, 0.15) is 27.0 Å². The molecule has 0 saturated carbocycles. The molecule has 2 aromatic carbocycles. The van der Waals surface area contributed by atoms with Gasteiger partial charge in [0.2, 0.25) is 5.91 Å². The Labute approximate surface area is 155 Å². The molecule has 5 heteroatoms. The first-order chi connectivity index (χ1) is 12.5. The summed E-state index contributed by atoms with van der Waals surface area (Å²) in [5.74, 6) is -0.375. The number of ether oxygens (including phenoxy) is 1. The standard InChI is InChI=1S/C21H26N2O3/c1-16-11-17(2)13-19(12-16)21(25)22-14-20(24)23(9-10-26-3)15-18-7-5-4-6-8-18/h4-8,11-13H,9-10,14-15H2,1-3H3,(H,22,25). The minimum atomic E-state index is -0.239. The Balaban J connectivity index is 1.98. The van der Waals surface area contributed by atoms with E-state index in [2.05, 4.69) is 5.32 Å². The number of methoxy groups -OCH3 is 1. The third-order valence-electron chi connectivity index (χ3n) is 4.02. The van der Waals surface area contributed by atoms with Crippen LogP contribution >= 0.6 is 0 Å². The second-order valence-electron chi connectivity index (χ2n) is 6.35. The number of carbonyl (C=O) groups is 2. The maximum absolute atomic E-state index is 12.6. The van der Waals surface area contributed by atoms with Crippen LogP contribution in [0.4, 0.5) is 0 Å². The first kappa shape index (κ1) is 19.7. The Bertz CT molecular complexity index is 724. The molecule has 0 radical (unpaired) electrons. The lowest BCUT2D eigenvalue weighted by Crippen LogP contribution is -2.41. The number of rotatable bonds is 8. The summed E-state index contributed by atoms with van der Waals surface area (Å²) in [7, 11) is 1.60. The fourth-order valence-corrected chi connectivity index (χ4v) is 2.77. The number of aryl methyl sites for hydroxylation is 2. The van der Waals surface area contributed by atoms with Crippen LogP contribution < -0.4 is 5.32 Å². The van der Waals surface area contributed by atoms with E-state index in [9.17, 15) is 9.59 Å². The second-order valence-corrected chi connectivity index (χ2v) is 6.35. The minimum absolute atomic E-state index is 0.0393. The molecule has 0 aliphatic heterocycles. The van der Waals surface area contributed by atoms with Gasteiger partial charge in [0.05, 0.1) is 13.2 Å². The van der Waals surface area contributed by atoms with Crippen molar-refractivity contribution in [2.24, 2.45) is 0 Å². The molecule has 0 aliphatic rings. The zero-order valence-electron chi connectivity index (χ0n) is 15.6. The number of hydrogen-bond acceptors (Lipinski definition) is 3. The molecular formula is C21H26N2O3. The van der Waals surface area contributed by atoms with Gasteiger partial charge in [-0.3, -0.25) is 9.59 Å². The highest BCUT2D eigenvalue weighted by molar-refractivity contribution is 5.96. The van der Waals surface area contributed by atoms with E-state index in [-0.39, 0.29) is 18.4 Å². The first-order valence-corrected chi connectivity index (χ1v) is 8.66. The Hall–Kier alpha value is -2.66. The predicted octanol–water partition coefficient (Wildman–Crippen LogP) is 2.71. The van der Waals surface area contributed by atoms with Gasteiger partial charge in [0.1, 0.15) is 0 Å².